The maximum Gasteiger partial charge on any atom is 0.236 e. The largest absolute Gasteiger partial charge is 0.367 e. The van der Waals surface area contributed by atoms with E-state index in [9.17, 15) is 4.79 Å². The molecule has 0 saturated carbocycles. The number of nitrogens with zero attached hydrogens (tertiary/aromatic N) is 4. The molecule has 0 radical (unpaired) electrons. The highest BCUT2D eigenvalue weighted by Crippen LogP contribution is 2.21. The fourth-order valence-corrected chi connectivity index (χ4v) is 2.89. The molecular weight excluding hydrogens is 314 g/mol. The van der Waals surface area contributed by atoms with Crippen LogP contribution in [0.15, 0.2) is 6.07 Å². The predicted molar refractivity (Wildman–Crippen MR) is 102 cm³/mol. The molecule has 2 rings (SSSR count). The lowest BCUT2D eigenvalue weighted by atomic mass is 10.0. The van der Waals surface area contributed by atoms with Gasteiger partial charge in [0.1, 0.15) is 11.6 Å². The minimum Gasteiger partial charge on any atom is -0.367 e. The van der Waals surface area contributed by atoms with Crippen LogP contribution >= 0.6 is 0 Å². The van der Waals surface area contributed by atoms with Crippen LogP contribution < -0.4 is 5.32 Å². The molecule has 1 amide bonds. The van der Waals surface area contributed by atoms with Crippen LogP contribution in [0.3, 0.4) is 0 Å². The highest BCUT2D eigenvalue weighted by atomic mass is 16.2. The van der Waals surface area contributed by atoms with E-state index < -0.39 is 0 Å². The maximum absolute atomic E-state index is 11.8. The van der Waals surface area contributed by atoms with E-state index >= 15 is 0 Å². The summed E-state index contributed by atoms with van der Waals surface area (Å²) in [6, 6.07) is 2.49. The molecule has 1 aromatic heterocycles. The Morgan fingerprint density at radius 2 is 1.84 bits per heavy atom. The number of hydrogen-bond acceptors (Lipinski definition) is 5. The second kappa shape index (κ2) is 8.61. The van der Waals surface area contributed by atoms with Crippen LogP contribution in [-0.2, 0) is 4.79 Å². The van der Waals surface area contributed by atoms with E-state index in [0.29, 0.717) is 24.4 Å². The first-order valence-electron chi connectivity index (χ1n) is 9.34. The molecule has 0 bridgehead atoms. The van der Waals surface area contributed by atoms with Crippen LogP contribution in [0.25, 0.3) is 0 Å². The number of likely N-dealkylation sites (N-methyl/N-ethyl adjacent to an activating group) is 1. The van der Waals surface area contributed by atoms with Crippen molar-refractivity contribution < 1.29 is 4.79 Å². The number of anilines is 1. The SMILES string of the molecule is CC(C)c1cc(NC2CCN(CC(=O)N(C)C)CC2)nc(C(C)C)n1. The van der Waals surface area contributed by atoms with Gasteiger partial charge in [0.05, 0.1) is 6.54 Å². The van der Waals surface area contributed by atoms with Gasteiger partial charge in [0.15, 0.2) is 0 Å². The Morgan fingerprint density at radius 3 is 2.36 bits per heavy atom. The normalized spacial score (nSPS) is 16.5. The molecular formula is C19H33N5O. The van der Waals surface area contributed by atoms with Crippen LogP contribution in [0.1, 0.15) is 63.9 Å². The van der Waals surface area contributed by atoms with Crippen LogP contribution in [-0.4, -0.2) is 65.4 Å². The van der Waals surface area contributed by atoms with Crippen molar-refractivity contribution in [2.45, 2.75) is 58.4 Å². The number of hydrogen-bond donors (Lipinski definition) is 1. The molecule has 0 atom stereocenters. The molecule has 25 heavy (non-hydrogen) atoms. The van der Waals surface area contributed by atoms with Gasteiger partial charge in [0.25, 0.3) is 0 Å². The maximum atomic E-state index is 11.8. The average molecular weight is 348 g/mol. The Labute approximate surface area is 152 Å². The smallest absolute Gasteiger partial charge is 0.236 e. The minimum absolute atomic E-state index is 0.172. The number of rotatable bonds is 6. The van der Waals surface area contributed by atoms with E-state index in [1.54, 1.807) is 4.90 Å². The number of nitrogens with one attached hydrogen (secondary N) is 1. The summed E-state index contributed by atoms with van der Waals surface area (Å²) in [5, 5.41) is 3.59. The first kappa shape index (κ1) is 19.6. The first-order valence-corrected chi connectivity index (χ1v) is 9.34. The Kier molecular flexibility index (Phi) is 6.76. The molecule has 6 heteroatoms. The van der Waals surface area contributed by atoms with Gasteiger partial charge in [-0.1, -0.05) is 27.7 Å². The zero-order chi connectivity index (χ0) is 18.6. The van der Waals surface area contributed by atoms with Crippen molar-refractivity contribution in [2.75, 3.05) is 39.0 Å². The molecule has 1 fully saturated rings. The predicted octanol–water partition coefficient (Wildman–Crippen LogP) is 2.69. The fraction of sp³-hybridized carbons (Fsp3) is 0.737. The molecule has 0 unspecified atom stereocenters. The van der Waals surface area contributed by atoms with E-state index in [0.717, 1.165) is 43.3 Å². The summed E-state index contributed by atoms with van der Waals surface area (Å²) >= 11 is 0. The number of likely N-dealkylation sites (tertiary alicyclic amines) is 1. The van der Waals surface area contributed by atoms with Crippen molar-refractivity contribution in [3.8, 4) is 0 Å². The molecule has 0 aromatic carbocycles. The zero-order valence-corrected chi connectivity index (χ0v) is 16.5. The van der Waals surface area contributed by atoms with Crippen molar-refractivity contribution in [3.05, 3.63) is 17.6 Å². The topological polar surface area (TPSA) is 61.4 Å². The number of carbonyl (C=O) groups is 1. The van der Waals surface area contributed by atoms with Gasteiger partial charge in [-0.25, -0.2) is 9.97 Å². The molecule has 0 spiro atoms. The third kappa shape index (κ3) is 5.66. The highest BCUT2D eigenvalue weighted by molar-refractivity contribution is 5.77. The molecule has 1 N–H and O–H groups in total. The summed E-state index contributed by atoms with van der Waals surface area (Å²) in [7, 11) is 3.62. The van der Waals surface area contributed by atoms with Gasteiger partial charge in [-0.15, -0.1) is 0 Å². The molecule has 140 valence electrons. The van der Waals surface area contributed by atoms with Crippen molar-refractivity contribution in [1.29, 1.82) is 0 Å². The van der Waals surface area contributed by atoms with Gasteiger partial charge < -0.3 is 10.2 Å². The van der Waals surface area contributed by atoms with Crippen LogP contribution in [0.2, 0.25) is 0 Å². The van der Waals surface area contributed by atoms with Gasteiger partial charge >= 0.3 is 0 Å². The molecule has 1 aliphatic heterocycles. The summed E-state index contributed by atoms with van der Waals surface area (Å²) in [6.45, 7) is 11.0. The third-order valence-electron chi connectivity index (χ3n) is 4.67. The molecule has 0 aliphatic carbocycles. The van der Waals surface area contributed by atoms with Crippen molar-refractivity contribution in [2.24, 2.45) is 0 Å². The summed E-state index contributed by atoms with van der Waals surface area (Å²) in [5.41, 5.74) is 1.09. The van der Waals surface area contributed by atoms with Gasteiger partial charge in [-0.2, -0.15) is 0 Å². The number of carbonyl (C=O) groups excluding carboxylic acids is 1. The van der Waals surface area contributed by atoms with Gasteiger partial charge in [0, 0.05) is 50.9 Å². The molecule has 2 heterocycles. The summed E-state index contributed by atoms with van der Waals surface area (Å²) in [4.78, 5) is 25.1. The van der Waals surface area contributed by atoms with Crippen LogP contribution in [0.5, 0.6) is 0 Å². The van der Waals surface area contributed by atoms with Crippen molar-refractivity contribution >= 4 is 11.7 Å². The van der Waals surface area contributed by atoms with E-state index in [1.807, 2.05) is 14.1 Å². The quantitative estimate of drug-likeness (QED) is 0.857. The molecule has 6 nitrogen and oxygen atoms in total. The van der Waals surface area contributed by atoms with E-state index in [1.165, 1.54) is 0 Å². The first-order chi connectivity index (χ1) is 11.8. The molecule has 1 aromatic rings. The molecule has 1 aliphatic rings. The Hall–Kier alpha value is -1.69. The second-order valence-corrected chi connectivity index (χ2v) is 7.83. The van der Waals surface area contributed by atoms with Crippen molar-refractivity contribution in [3.63, 3.8) is 0 Å². The van der Waals surface area contributed by atoms with Gasteiger partial charge in [-0.3, -0.25) is 9.69 Å². The molecule has 1 saturated heterocycles. The third-order valence-corrected chi connectivity index (χ3v) is 4.67. The number of aromatic nitrogens is 2. The lowest BCUT2D eigenvalue weighted by molar-refractivity contribution is -0.130. The summed E-state index contributed by atoms with van der Waals surface area (Å²) < 4.78 is 0. The standard InChI is InChI=1S/C19H33N5O/c1-13(2)16-11-17(22-19(21-16)14(3)4)20-15-7-9-24(10-8-15)12-18(25)23(5)6/h11,13-15H,7-10,12H2,1-6H3,(H,20,21,22). The summed E-state index contributed by atoms with van der Waals surface area (Å²) in [6.07, 6.45) is 2.05. The summed E-state index contributed by atoms with van der Waals surface area (Å²) in [5.74, 6) is 2.72. The Bertz CT molecular complexity index is 551. The Balaban J connectivity index is 1.96. The zero-order valence-electron chi connectivity index (χ0n) is 16.5. The monoisotopic (exact) mass is 347 g/mol. The highest BCUT2D eigenvalue weighted by Gasteiger charge is 2.22. The van der Waals surface area contributed by atoms with E-state index in [2.05, 4.69) is 49.0 Å². The van der Waals surface area contributed by atoms with Crippen molar-refractivity contribution in [1.82, 2.24) is 19.8 Å². The fourth-order valence-electron chi connectivity index (χ4n) is 2.89. The number of amides is 1. The minimum atomic E-state index is 0.172. The second-order valence-electron chi connectivity index (χ2n) is 7.83. The van der Waals surface area contributed by atoms with Gasteiger partial charge in [0.2, 0.25) is 5.91 Å². The average Bonchev–Trinajstić information content (AvgIpc) is 2.56. The Morgan fingerprint density at radius 1 is 1.20 bits per heavy atom. The van der Waals surface area contributed by atoms with Crippen LogP contribution in [0.4, 0.5) is 5.82 Å². The number of piperidine rings is 1. The lowest BCUT2D eigenvalue weighted by Crippen LogP contribution is -2.44. The van der Waals surface area contributed by atoms with Gasteiger partial charge in [-0.05, 0) is 18.8 Å². The van der Waals surface area contributed by atoms with Crippen LogP contribution in [0, 0.1) is 0 Å². The van der Waals surface area contributed by atoms with E-state index in [4.69, 9.17) is 4.98 Å². The lowest BCUT2D eigenvalue weighted by Gasteiger charge is -2.32. The van der Waals surface area contributed by atoms with E-state index in [-0.39, 0.29) is 5.91 Å².